The minimum atomic E-state index is -3.25. The predicted octanol–water partition coefficient (Wildman–Crippen LogP) is 9.93. The molecule has 1 atom stereocenters. The second kappa shape index (κ2) is 27.4. The molecule has 0 aliphatic heterocycles. The lowest BCUT2D eigenvalue weighted by Gasteiger charge is -2.43. The van der Waals surface area contributed by atoms with Gasteiger partial charge in [-0.3, -0.25) is 56.0 Å². The fraction of sp³-hybridized carbons (Fsp3) is 0.857. The highest BCUT2D eigenvalue weighted by Crippen LogP contribution is 2.68. The second-order valence-electron chi connectivity index (χ2n) is 19.1. The molecule has 1 aromatic carbocycles. The summed E-state index contributed by atoms with van der Waals surface area (Å²) in [7, 11) is 34.7. The van der Waals surface area contributed by atoms with Crippen LogP contribution in [0, 0.1) is 0 Å². The van der Waals surface area contributed by atoms with E-state index in [4.69, 9.17) is 19.0 Å². The van der Waals surface area contributed by atoms with Gasteiger partial charge in [-0.1, -0.05) is 69.3 Å². The first-order chi connectivity index (χ1) is 30.0. The Hall–Kier alpha value is -0.280. The van der Waals surface area contributed by atoms with E-state index in [0.717, 1.165) is 25.7 Å². The van der Waals surface area contributed by atoms with E-state index in [1.54, 1.807) is 0 Å². The van der Waals surface area contributed by atoms with E-state index in [0.29, 0.717) is 34.7 Å². The summed E-state index contributed by atoms with van der Waals surface area (Å²) in [6, 6.07) is 0. The van der Waals surface area contributed by atoms with E-state index in [1.165, 1.54) is 38.5 Å². The standard InChI is InChI=1S/C42H97N16O2P5/c1-26-27-28-29-30-31-32-33-34-35-36-37-38(43-62(47(2)3,48(4)5)49(6)7)39(44-63(50(8)9,51(10)11)52(12)13)40(45-64(53(14)15,54(16)17)55(18)19)41(42(37)61(59)60)46-65(56(20)21,57(22)23)58(24)25/h26-36H2,1-25H3. The first-order valence-corrected chi connectivity index (χ1v) is 30.6. The fourth-order valence-electron chi connectivity index (χ4n) is 9.25. The average Bonchev–Trinajstić information content (AvgIpc) is 3.16. The van der Waals surface area contributed by atoms with Gasteiger partial charge in [0.15, 0.2) is 30.0 Å². The molecule has 0 aromatic heterocycles. The Morgan fingerprint density at radius 3 is 0.815 bits per heavy atom. The van der Waals surface area contributed by atoms with Crippen LogP contribution in [0.15, 0.2) is 19.0 Å². The van der Waals surface area contributed by atoms with Gasteiger partial charge in [-0.2, -0.15) is 0 Å². The van der Waals surface area contributed by atoms with Gasteiger partial charge in [0.25, 0.3) is 0 Å². The first-order valence-electron chi connectivity index (χ1n) is 23.0. The fourth-order valence-corrected chi connectivity index (χ4v) is 22.7. The number of benzene rings is 1. The van der Waals surface area contributed by atoms with Crippen molar-refractivity contribution in [1.29, 1.82) is 0 Å². The molecule has 1 unspecified atom stereocenters. The summed E-state index contributed by atoms with van der Waals surface area (Å²) in [6.07, 6.45) is 12.1. The van der Waals surface area contributed by atoms with Crippen LogP contribution < -0.4 is 10.2 Å². The molecule has 0 spiro atoms. The van der Waals surface area contributed by atoms with Gasteiger partial charge in [0.2, 0.25) is 5.30 Å². The normalized spacial score (nSPS) is 13.9. The van der Waals surface area contributed by atoms with E-state index >= 15 is 0 Å². The summed E-state index contributed by atoms with van der Waals surface area (Å²) in [5.74, 6) is 0. The lowest BCUT2D eigenvalue weighted by Crippen LogP contribution is -2.31. The molecule has 0 amide bonds. The van der Waals surface area contributed by atoms with Gasteiger partial charge >= 0.3 is 8.03 Å². The molecule has 1 rings (SSSR count). The summed E-state index contributed by atoms with van der Waals surface area (Å²) < 4.78 is 64.4. The minimum Gasteiger partial charge on any atom is -0.591 e. The molecule has 0 heterocycles. The van der Waals surface area contributed by atoms with E-state index in [2.05, 4.69) is 148 Å². The van der Waals surface area contributed by atoms with Crippen LogP contribution in [0.3, 0.4) is 0 Å². The molecule has 0 aliphatic rings. The molecule has 0 radical (unpaired) electrons. The number of hydrogen-bond donors (Lipinski definition) is 0. The highest BCUT2D eigenvalue weighted by atomic mass is 31.2. The maximum absolute atomic E-state index is 14.7. The molecule has 0 aliphatic carbocycles. The van der Waals surface area contributed by atoms with E-state index < -0.39 is 38.1 Å². The van der Waals surface area contributed by atoms with Gasteiger partial charge < -0.3 is 4.89 Å². The highest BCUT2D eigenvalue weighted by molar-refractivity contribution is 7.60. The summed E-state index contributed by atoms with van der Waals surface area (Å²) in [5.41, 5.74) is 2.52. The van der Waals surface area contributed by atoms with Gasteiger partial charge in [0.05, 0.1) is 0 Å². The maximum atomic E-state index is 14.7. The Morgan fingerprint density at radius 1 is 0.354 bits per heavy atom. The highest BCUT2D eigenvalue weighted by Gasteiger charge is 2.41. The third-order valence-electron chi connectivity index (χ3n) is 11.8. The van der Waals surface area contributed by atoms with Crippen LogP contribution in [0.5, 0.6) is 0 Å². The topological polar surface area (TPSA) is 128 Å². The van der Waals surface area contributed by atoms with E-state index in [1.807, 2.05) is 84.6 Å². The molecule has 0 fully saturated rings. The molecular formula is C42H97N16O2P5. The minimum absolute atomic E-state index is 0.175. The van der Waals surface area contributed by atoms with Crippen LogP contribution in [0.1, 0.15) is 76.7 Å². The molecule has 23 heteroatoms. The molecule has 0 bridgehead atoms. The third-order valence-corrected chi connectivity index (χ3v) is 27.4. The zero-order valence-corrected chi connectivity index (χ0v) is 50.5. The van der Waals surface area contributed by atoms with Gasteiger partial charge in [0, 0.05) is 5.56 Å². The van der Waals surface area contributed by atoms with Gasteiger partial charge in [-0.15, -0.1) is 0 Å². The summed E-state index contributed by atoms with van der Waals surface area (Å²) >= 11 is 0. The molecule has 1 aromatic rings. The van der Waals surface area contributed by atoms with E-state index in [9.17, 15) is 9.46 Å². The van der Waals surface area contributed by atoms with Crippen LogP contribution >= 0.6 is 38.1 Å². The lowest BCUT2D eigenvalue weighted by atomic mass is 10.0. The van der Waals surface area contributed by atoms with Gasteiger partial charge in [0.1, 0.15) is 22.7 Å². The quantitative estimate of drug-likeness (QED) is 0.0584. The van der Waals surface area contributed by atoms with Crippen molar-refractivity contribution in [3.8, 4) is 0 Å². The van der Waals surface area contributed by atoms with Crippen molar-refractivity contribution in [2.24, 2.45) is 19.0 Å². The smallest absolute Gasteiger partial charge is 0.351 e. The van der Waals surface area contributed by atoms with Crippen LogP contribution in [0.4, 0.5) is 22.7 Å². The first kappa shape index (κ1) is 62.7. The molecule has 0 saturated heterocycles. The Labute approximate surface area is 401 Å². The Balaban J connectivity index is 5.55. The van der Waals surface area contributed by atoms with E-state index in [-0.39, 0.29) is 5.30 Å². The number of rotatable bonds is 28. The molecule has 0 N–H and O–H groups in total. The van der Waals surface area contributed by atoms with Crippen LogP contribution in [-0.4, -0.2) is 225 Å². The van der Waals surface area contributed by atoms with Crippen molar-refractivity contribution in [1.82, 2.24) is 56.0 Å². The van der Waals surface area contributed by atoms with Crippen LogP contribution in [0.2, 0.25) is 0 Å². The Bertz CT molecular complexity index is 1800. The van der Waals surface area contributed by atoms with Gasteiger partial charge in [-0.05, 0) is 182 Å². The zero-order valence-electron chi connectivity index (χ0n) is 46.0. The SMILES string of the molecule is CCCCCCCCCCCCc1c(N=P(N(C)C)(N(C)C)N(C)C)c(N=P(N(C)C)(N(C)C)N(C)C)c(N=P(N(C)C)(N(C)C)N(C)C)c(N=P(N(C)C)(N(C)C)N(C)C)c1[P+](=O)[O-]. The Morgan fingerprint density at radius 2 is 0.569 bits per heavy atom. The molecule has 65 heavy (non-hydrogen) atoms. The van der Waals surface area contributed by atoms with Crippen LogP contribution in [-0.2, 0) is 11.0 Å². The molecule has 18 nitrogen and oxygen atoms in total. The Kier molecular flexibility index (Phi) is 26.4. The third kappa shape index (κ3) is 14.0. The number of nitrogens with zero attached hydrogens (tertiary/aromatic N) is 16. The van der Waals surface area contributed by atoms with Crippen LogP contribution in [0.25, 0.3) is 0 Å². The summed E-state index contributed by atoms with van der Waals surface area (Å²) in [4.78, 5) is 14.7. The number of unbranched alkanes of at least 4 members (excludes halogenated alkanes) is 9. The lowest BCUT2D eigenvalue weighted by molar-refractivity contribution is -0.160. The van der Waals surface area contributed by atoms with Crippen molar-refractivity contribution in [2.75, 3.05) is 169 Å². The van der Waals surface area contributed by atoms with Crippen molar-refractivity contribution in [2.45, 2.75) is 77.6 Å². The molecule has 382 valence electrons. The number of hydrogen-bond acceptors (Lipinski definition) is 6. The summed E-state index contributed by atoms with van der Waals surface area (Å²) in [6.45, 7) is 2.26. The second-order valence-corrected chi connectivity index (χ2v) is 34.8. The molecule has 0 saturated carbocycles. The van der Waals surface area contributed by atoms with Crippen molar-refractivity contribution >= 4 is 66.1 Å². The predicted molar refractivity (Wildman–Crippen MR) is 290 cm³/mol. The maximum Gasteiger partial charge on any atom is 0.351 e. The van der Waals surface area contributed by atoms with Gasteiger partial charge in [-0.25, -0.2) is 19.0 Å². The largest absolute Gasteiger partial charge is 0.591 e. The average molecular weight is 1010 g/mol. The molecular weight excluding hydrogens is 915 g/mol. The zero-order chi connectivity index (χ0) is 50.6. The summed E-state index contributed by atoms with van der Waals surface area (Å²) in [5, 5.41) is 0.175. The van der Waals surface area contributed by atoms with Crippen molar-refractivity contribution in [3.05, 3.63) is 5.56 Å². The van der Waals surface area contributed by atoms with Crippen molar-refractivity contribution in [3.63, 3.8) is 0 Å². The monoisotopic (exact) mass is 1010 g/mol. The van der Waals surface area contributed by atoms with Crippen molar-refractivity contribution < 1.29 is 9.46 Å².